The molecule has 0 rings (SSSR count). The molecule has 0 spiro atoms. The van der Waals surface area contributed by atoms with Gasteiger partial charge in [0.25, 0.3) is 0 Å². The zero-order chi connectivity index (χ0) is 27.1. The topological polar surface area (TPSA) is 108 Å². The van der Waals surface area contributed by atoms with Crippen LogP contribution in [-0.2, 0) is 47.5 Å². The highest BCUT2D eigenvalue weighted by Gasteiger charge is 2.38. The van der Waals surface area contributed by atoms with Gasteiger partial charge in [-0.3, -0.25) is 9.59 Å². The smallest absolute Gasteiger partial charge is 0.354 e. The third kappa shape index (κ3) is 15.7. The lowest BCUT2D eigenvalue weighted by Crippen LogP contribution is -2.46. The Hall–Kier alpha value is -1.30. The lowest BCUT2D eigenvalue weighted by atomic mass is 10.2. The molecule has 2 atom stereocenters. The zero-order valence-corrected chi connectivity index (χ0v) is 23.4. The van der Waals surface area contributed by atoms with Gasteiger partial charge in [-0.2, -0.15) is 0 Å². The largest absolute Gasteiger partial charge is 0.406 e. The van der Waals surface area contributed by atoms with E-state index >= 15 is 0 Å². The van der Waals surface area contributed by atoms with Crippen LogP contribution in [0.25, 0.3) is 0 Å². The normalized spacial score (nSPS) is 14.7. The second kappa shape index (κ2) is 21.8. The van der Waals surface area contributed by atoms with Gasteiger partial charge in [-0.05, 0) is 53.4 Å². The summed E-state index contributed by atoms with van der Waals surface area (Å²) in [5, 5.41) is 0. The number of carbonyl (C=O) groups excluding carboxylic acids is 2. The summed E-state index contributed by atoms with van der Waals surface area (Å²) in [4.78, 5) is 25.1. The summed E-state index contributed by atoms with van der Waals surface area (Å²) < 4.78 is 44.9. The fourth-order valence-corrected chi connectivity index (χ4v) is 3.05. The Morgan fingerprint density at radius 2 is 0.917 bits per heavy atom. The zero-order valence-electron chi connectivity index (χ0n) is 23.4. The minimum absolute atomic E-state index is 0.0174. The van der Waals surface area contributed by atoms with Crippen LogP contribution in [0.3, 0.4) is 0 Å². The molecule has 0 aliphatic rings. The molecule has 0 aliphatic carbocycles. The van der Waals surface area contributed by atoms with Crippen LogP contribution in [-0.4, -0.2) is 76.7 Å². The van der Waals surface area contributed by atoms with E-state index < -0.39 is 23.9 Å². The number of esters is 2. The average molecular weight is 523 g/mol. The van der Waals surface area contributed by atoms with Gasteiger partial charge in [0, 0.05) is 26.1 Å². The summed E-state index contributed by atoms with van der Waals surface area (Å²) in [6, 6.07) is 0. The number of ether oxygens (including phenoxy) is 8. The molecule has 10 heteroatoms. The lowest BCUT2D eigenvalue weighted by molar-refractivity contribution is -0.377. The van der Waals surface area contributed by atoms with Gasteiger partial charge in [0.15, 0.2) is 0 Å². The average Bonchev–Trinajstić information content (AvgIpc) is 2.85. The fourth-order valence-electron chi connectivity index (χ4n) is 3.05. The van der Waals surface area contributed by atoms with Gasteiger partial charge in [-0.25, -0.2) is 0 Å². The van der Waals surface area contributed by atoms with Crippen molar-refractivity contribution in [1.82, 2.24) is 0 Å². The molecule has 0 radical (unpaired) electrons. The van der Waals surface area contributed by atoms with Crippen LogP contribution in [0.4, 0.5) is 0 Å². The van der Waals surface area contributed by atoms with Gasteiger partial charge < -0.3 is 37.9 Å². The van der Waals surface area contributed by atoms with E-state index in [2.05, 4.69) is 0 Å². The van der Waals surface area contributed by atoms with Crippen molar-refractivity contribution < 1.29 is 47.5 Å². The summed E-state index contributed by atoms with van der Waals surface area (Å²) in [6.45, 7) is 13.5. The van der Waals surface area contributed by atoms with E-state index in [9.17, 15) is 9.59 Å². The second-order valence-electron chi connectivity index (χ2n) is 8.07. The number of hydrogen-bond donors (Lipinski definition) is 0. The Balaban J connectivity index is 4.83. The molecule has 0 heterocycles. The van der Waals surface area contributed by atoms with Gasteiger partial charge in [0.1, 0.15) is 13.2 Å². The first kappa shape index (κ1) is 34.7. The van der Waals surface area contributed by atoms with Crippen molar-refractivity contribution in [2.75, 3.05) is 52.9 Å². The van der Waals surface area contributed by atoms with E-state index in [1.165, 1.54) is 0 Å². The molecule has 0 aromatic carbocycles. The highest BCUT2D eigenvalue weighted by Crippen LogP contribution is 2.21. The number of rotatable bonds is 25. The van der Waals surface area contributed by atoms with E-state index in [-0.39, 0.29) is 26.1 Å². The molecule has 0 saturated carbocycles. The van der Waals surface area contributed by atoms with Crippen molar-refractivity contribution in [2.45, 2.75) is 105 Å². The number of unbranched alkanes of at least 4 members (excludes halogenated alkanes) is 3. The minimum atomic E-state index is -1.57. The third-order valence-electron chi connectivity index (χ3n) is 4.88. The molecule has 0 N–H and O–H groups in total. The van der Waals surface area contributed by atoms with Crippen LogP contribution in [0.1, 0.15) is 92.9 Å². The van der Waals surface area contributed by atoms with E-state index in [4.69, 9.17) is 37.9 Å². The molecule has 0 bridgehead atoms. The monoisotopic (exact) mass is 522 g/mol. The lowest BCUT2D eigenvalue weighted by Gasteiger charge is -2.32. The maximum absolute atomic E-state index is 12.5. The second-order valence-corrected chi connectivity index (χ2v) is 8.07. The molecular formula is C26H50O10. The van der Waals surface area contributed by atoms with Gasteiger partial charge in [-0.15, -0.1) is 0 Å². The van der Waals surface area contributed by atoms with Crippen molar-refractivity contribution in [2.24, 2.45) is 0 Å². The highest BCUT2D eigenvalue weighted by atomic mass is 16.9. The summed E-state index contributed by atoms with van der Waals surface area (Å²) >= 11 is 0. The molecule has 0 saturated heterocycles. The molecule has 0 amide bonds. The minimum Gasteiger partial charge on any atom is -0.406 e. The quantitative estimate of drug-likeness (QED) is 0.0949. The van der Waals surface area contributed by atoms with Gasteiger partial charge in [0.05, 0.1) is 26.4 Å². The van der Waals surface area contributed by atoms with Gasteiger partial charge in [-0.1, -0.05) is 26.7 Å². The predicted molar refractivity (Wildman–Crippen MR) is 134 cm³/mol. The Kier molecular flexibility index (Phi) is 21.0. The maximum atomic E-state index is 12.5. The molecule has 36 heavy (non-hydrogen) atoms. The summed E-state index contributed by atoms with van der Waals surface area (Å²) in [5.74, 6) is -4.11. The molecule has 0 fully saturated rings. The van der Waals surface area contributed by atoms with Crippen LogP contribution in [0.5, 0.6) is 0 Å². The Morgan fingerprint density at radius 1 is 0.528 bits per heavy atom. The summed E-state index contributed by atoms with van der Waals surface area (Å²) in [6.07, 6.45) is 4.48. The van der Waals surface area contributed by atoms with Crippen molar-refractivity contribution in [1.29, 1.82) is 0 Å². The van der Waals surface area contributed by atoms with Crippen molar-refractivity contribution >= 4 is 11.9 Å². The molecule has 0 aromatic heterocycles. The first-order valence-electron chi connectivity index (χ1n) is 13.5. The maximum Gasteiger partial charge on any atom is 0.354 e. The Morgan fingerprint density at radius 3 is 1.22 bits per heavy atom. The first-order chi connectivity index (χ1) is 17.4. The molecule has 0 aliphatic heterocycles. The summed E-state index contributed by atoms with van der Waals surface area (Å²) in [5.41, 5.74) is 0. The SMILES string of the molecule is CCCCOC(COCC)(OCC)OC(=O)CCCCC(=O)OC(COCC)(OCC)OCCCC. The molecule has 10 nitrogen and oxygen atoms in total. The van der Waals surface area contributed by atoms with E-state index in [1.54, 1.807) is 13.8 Å². The van der Waals surface area contributed by atoms with E-state index in [0.717, 1.165) is 25.7 Å². The number of carbonyl (C=O) groups is 2. The third-order valence-corrected chi connectivity index (χ3v) is 4.88. The molecule has 2 unspecified atom stereocenters. The van der Waals surface area contributed by atoms with Gasteiger partial charge >= 0.3 is 23.9 Å². The highest BCUT2D eigenvalue weighted by molar-refractivity contribution is 5.71. The van der Waals surface area contributed by atoms with Crippen molar-refractivity contribution in [3.05, 3.63) is 0 Å². The van der Waals surface area contributed by atoms with E-state index in [1.807, 2.05) is 27.7 Å². The first-order valence-corrected chi connectivity index (χ1v) is 13.5. The molecular weight excluding hydrogens is 472 g/mol. The number of hydrogen-bond acceptors (Lipinski definition) is 10. The fraction of sp³-hybridized carbons (Fsp3) is 0.923. The van der Waals surface area contributed by atoms with Crippen LogP contribution in [0.2, 0.25) is 0 Å². The standard InChI is InChI=1S/C26H50O10/c1-7-13-19-33-25(31-11-5,21-29-9-3)35-23(27)17-15-16-18-24(28)36-26(32-12-6,22-30-10-4)34-20-14-8-2/h7-22H2,1-6H3. The van der Waals surface area contributed by atoms with Crippen molar-refractivity contribution in [3.63, 3.8) is 0 Å². The molecule has 0 aromatic rings. The van der Waals surface area contributed by atoms with Crippen LogP contribution < -0.4 is 0 Å². The predicted octanol–water partition coefficient (Wildman–Crippen LogP) is 4.72. The van der Waals surface area contributed by atoms with Crippen LogP contribution >= 0.6 is 0 Å². The molecule has 214 valence electrons. The Labute approximate surface area is 217 Å². The summed E-state index contributed by atoms with van der Waals surface area (Å²) in [7, 11) is 0. The van der Waals surface area contributed by atoms with E-state index in [0.29, 0.717) is 52.5 Å². The van der Waals surface area contributed by atoms with Crippen LogP contribution in [0, 0.1) is 0 Å². The van der Waals surface area contributed by atoms with Gasteiger partial charge in [0.2, 0.25) is 0 Å². The van der Waals surface area contributed by atoms with Crippen LogP contribution in [0.15, 0.2) is 0 Å². The van der Waals surface area contributed by atoms with Crippen molar-refractivity contribution in [3.8, 4) is 0 Å². The Bertz CT molecular complexity index is 511.